The van der Waals surface area contributed by atoms with Gasteiger partial charge in [0.05, 0.1) is 25.2 Å². The van der Waals surface area contributed by atoms with E-state index in [1.54, 1.807) is 25.3 Å². The molecule has 1 aliphatic heterocycles. The van der Waals surface area contributed by atoms with Gasteiger partial charge in [-0.25, -0.2) is 8.42 Å². The molecular formula is C25H26N2O5S. The van der Waals surface area contributed by atoms with Gasteiger partial charge in [-0.15, -0.1) is 0 Å². The molecule has 4 rings (SSSR count). The Morgan fingerprint density at radius 2 is 1.76 bits per heavy atom. The smallest absolute Gasteiger partial charge is 0.255 e. The van der Waals surface area contributed by atoms with Crippen LogP contribution in [0.5, 0.6) is 5.75 Å². The Morgan fingerprint density at radius 3 is 2.48 bits per heavy atom. The molecule has 0 atom stereocenters. The maximum atomic E-state index is 12.9. The van der Waals surface area contributed by atoms with Gasteiger partial charge in [0.15, 0.2) is 0 Å². The summed E-state index contributed by atoms with van der Waals surface area (Å²) in [5, 5.41) is 2.87. The predicted octanol–water partition coefficient (Wildman–Crippen LogP) is 3.56. The first-order valence-corrected chi connectivity index (χ1v) is 12.1. The zero-order valence-electron chi connectivity index (χ0n) is 18.4. The third kappa shape index (κ3) is 5.42. The summed E-state index contributed by atoms with van der Waals surface area (Å²) < 4.78 is 38.0. The van der Waals surface area contributed by atoms with Crippen molar-refractivity contribution in [2.75, 3.05) is 38.7 Å². The summed E-state index contributed by atoms with van der Waals surface area (Å²) in [7, 11) is -2.07. The maximum Gasteiger partial charge on any atom is 0.255 e. The molecule has 1 aliphatic rings. The summed E-state index contributed by atoms with van der Waals surface area (Å²) in [5.41, 5.74) is 2.93. The first-order valence-electron chi connectivity index (χ1n) is 10.7. The van der Waals surface area contributed by atoms with Gasteiger partial charge in [0.1, 0.15) is 5.75 Å². The van der Waals surface area contributed by atoms with Crippen molar-refractivity contribution >= 4 is 21.6 Å². The van der Waals surface area contributed by atoms with E-state index in [1.165, 1.54) is 16.4 Å². The number of carbonyl (C=O) groups excluding carboxylic acids is 1. The zero-order chi connectivity index (χ0) is 23.3. The largest absolute Gasteiger partial charge is 0.496 e. The number of methoxy groups -OCH3 is 1. The molecule has 1 heterocycles. The Morgan fingerprint density at radius 1 is 1.00 bits per heavy atom. The molecule has 0 spiro atoms. The summed E-state index contributed by atoms with van der Waals surface area (Å²) >= 11 is 0. The number of rotatable bonds is 7. The number of nitrogens with one attached hydrogen (secondary N) is 1. The summed E-state index contributed by atoms with van der Waals surface area (Å²) in [4.78, 5) is 13.0. The fraction of sp³-hybridized carbons (Fsp3) is 0.240. The molecule has 1 amide bonds. The highest BCUT2D eigenvalue weighted by Crippen LogP contribution is 2.26. The molecule has 0 unspecified atom stereocenters. The number of amides is 1. The lowest BCUT2D eigenvalue weighted by molar-refractivity contribution is 0.0730. The van der Waals surface area contributed by atoms with Gasteiger partial charge in [0.25, 0.3) is 5.91 Å². The highest BCUT2D eigenvalue weighted by Gasteiger charge is 2.27. The van der Waals surface area contributed by atoms with Crippen molar-refractivity contribution in [2.45, 2.75) is 11.3 Å². The van der Waals surface area contributed by atoms with Crippen molar-refractivity contribution in [1.82, 2.24) is 4.31 Å². The van der Waals surface area contributed by atoms with Gasteiger partial charge in [0.2, 0.25) is 10.0 Å². The van der Waals surface area contributed by atoms with Crippen LogP contribution in [-0.4, -0.2) is 52.0 Å². The highest BCUT2D eigenvalue weighted by atomic mass is 32.2. The number of morpholine rings is 1. The Hall–Kier alpha value is -3.20. The Labute approximate surface area is 194 Å². The Bertz CT molecular complexity index is 1220. The molecule has 0 radical (unpaired) electrons. The van der Waals surface area contributed by atoms with E-state index >= 15 is 0 Å². The van der Waals surface area contributed by atoms with Gasteiger partial charge in [-0.1, -0.05) is 36.4 Å². The fourth-order valence-electron chi connectivity index (χ4n) is 3.75. The van der Waals surface area contributed by atoms with Crippen LogP contribution in [0.25, 0.3) is 0 Å². The molecule has 0 aromatic heterocycles. The molecule has 0 bridgehead atoms. The highest BCUT2D eigenvalue weighted by molar-refractivity contribution is 7.89. The van der Waals surface area contributed by atoms with Crippen LogP contribution >= 0.6 is 0 Å². The molecular weight excluding hydrogens is 440 g/mol. The van der Waals surface area contributed by atoms with Crippen molar-refractivity contribution in [3.63, 3.8) is 0 Å². The molecule has 0 saturated carbocycles. The zero-order valence-corrected chi connectivity index (χ0v) is 19.2. The maximum absolute atomic E-state index is 12.9. The van der Waals surface area contributed by atoms with Crippen molar-refractivity contribution < 1.29 is 22.7 Å². The van der Waals surface area contributed by atoms with Gasteiger partial charge < -0.3 is 14.8 Å². The quantitative estimate of drug-likeness (QED) is 0.576. The van der Waals surface area contributed by atoms with Crippen LogP contribution in [0.3, 0.4) is 0 Å². The van der Waals surface area contributed by atoms with Crippen LogP contribution in [-0.2, 0) is 21.2 Å². The monoisotopic (exact) mass is 466 g/mol. The predicted molar refractivity (Wildman–Crippen MR) is 126 cm³/mol. The number of sulfonamides is 1. The van der Waals surface area contributed by atoms with E-state index in [2.05, 4.69) is 5.32 Å². The molecule has 172 valence electrons. The van der Waals surface area contributed by atoms with Crippen LogP contribution in [0.4, 0.5) is 5.69 Å². The normalized spacial score (nSPS) is 14.6. The Balaban J connectivity index is 1.54. The number of hydrogen-bond acceptors (Lipinski definition) is 5. The second kappa shape index (κ2) is 10.2. The van der Waals surface area contributed by atoms with E-state index in [0.717, 1.165) is 16.9 Å². The summed E-state index contributed by atoms with van der Waals surface area (Å²) in [6.07, 6.45) is 0.654. The molecule has 3 aromatic rings. The van der Waals surface area contributed by atoms with Gasteiger partial charge in [-0.05, 0) is 42.0 Å². The number of benzene rings is 3. The summed E-state index contributed by atoms with van der Waals surface area (Å²) in [6, 6.07) is 21.5. The first-order chi connectivity index (χ1) is 16.0. The third-order valence-corrected chi connectivity index (χ3v) is 7.37. The average molecular weight is 467 g/mol. The third-order valence-electron chi connectivity index (χ3n) is 5.48. The molecule has 1 saturated heterocycles. The van der Waals surface area contributed by atoms with Gasteiger partial charge in [-0.3, -0.25) is 4.79 Å². The van der Waals surface area contributed by atoms with E-state index in [4.69, 9.17) is 9.47 Å². The molecule has 3 aromatic carbocycles. The fourth-order valence-corrected chi connectivity index (χ4v) is 5.20. The lowest BCUT2D eigenvalue weighted by atomic mass is 10.0. The second-order valence-corrected chi connectivity index (χ2v) is 9.63. The molecule has 8 heteroatoms. The van der Waals surface area contributed by atoms with E-state index < -0.39 is 10.0 Å². The Kier molecular flexibility index (Phi) is 7.08. The van der Waals surface area contributed by atoms with Crippen LogP contribution < -0.4 is 10.1 Å². The number of hydrogen-bond donors (Lipinski definition) is 1. The van der Waals surface area contributed by atoms with Crippen LogP contribution in [0.15, 0.2) is 77.7 Å². The topological polar surface area (TPSA) is 84.9 Å². The van der Waals surface area contributed by atoms with Crippen LogP contribution in [0.1, 0.15) is 21.5 Å². The van der Waals surface area contributed by atoms with Crippen molar-refractivity contribution in [3.05, 3.63) is 89.5 Å². The van der Waals surface area contributed by atoms with Crippen LogP contribution in [0, 0.1) is 0 Å². The lowest BCUT2D eigenvalue weighted by Crippen LogP contribution is -2.40. The molecule has 1 fully saturated rings. The summed E-state index contributed by atoms with van der Waals surface area (Å²) in [5.74, 6) is 0.348. The second-order valence-electron chi connectivity index (χ2n) is 7.69. The van der Waals surface area contributed by atoms with E-state index in [1.807, 2.05) is 42.5 Å². The number of carbonyl (C=O) groups is 1. The number of anilines is 1. The van der Waals surface area contributed by atoms with E-state index in [-0.39, 0.29) is 16.4 Å². The van der Waals surface area contributed by atoms with E-state index in [9.17, 15) is 13.2 Å². The standard InChI is InChI=1S/C25H26N2O5S/c1-31-24-11-10-22(17-21(24)16-19-6-3-2-4-7-19)26-25(28)20-8-5-9-23(18-20)33(29,30)27-12-14-32-15-13-27/h2-11,17-18H,12-16H2,1H3,(H,26,28). The van der Waals surface area contributed by atoms with Gasteiger partial charge in [-0.2, -0.15) is 4.31 Å². The minimum atomic E-state index is -3.68. The number of ether oxygens (including phenoxy) is 2. The van der Waals surface area contributed by atoms with Crippen molar-refractivity contribution in [2.24, 2.45) is 0 Å². The first kappa shape index (κ1) is 23.0. The van der Waals surface area contributed by atoms with Crippen molar-refractivity contribution in [1.29, 1.82) is 0 Å². The van der Waals surface area contributed by atoms with Crippen LogP contribution in [0.2, 0.25) is 0 Å². The molecule has 0 aliphatic carbocycles. The van der Waals surface area contributed by atoms with Crippen molar-refractivity contribution in [3.8, 4) is 5.75 Å². The molecule has 33 heavy (non-hydrogen) atoms. The average Bonchev–Trinajstić information content (AvgIpc) is 2.85. The SMILES string of the molecule is COc1ccc(NC(=O)c2cccc(S(=O)(=O)N3CCOCC3)c2)cc1Cc1ccccc1. The van der Waals surface area contributed by atoms with E-state index in [0.29, 0.717) is 38.4 Å². The van der Waals surface area contributed by atoms with Gasteiger partial charge in [0, 0.05) is 36.3 Å². The lowest BCUT2D eigenvalue weighted by Gasteiger charge is -2.26. The molecule has 7 nitrogen and oxygen atoms in total. The minimum Gasteiger partial charge on any atom is -0.496 e. The van der Waals surface area contributed by atoms with Gasteiger partial charge >= 0.3 is 0 Å². The minimum absolute atomic E-state index is 0.0940. The summed E-state index contributed by atoms with van der Waals surface area (Å²) in [6.45, 7) is 1.33. The molecule has 1 N–H and O–H groups in total. The number of nitrogens with zero attached hydrogens (tertiary/aromatic N) is 1.